The molecule has 2 aromatic heterocycles. The number of ether oxygens (including phenoxy) is 1. The van der Waals surface area contributed by atoms with Gasteiger partial charge in [-0.3, -0.25) is 0 Å². The van der Waals surface area contributed by atoms with Crippen molar-refractivity contribution in [2.24, 2.45) is 0 Å². The lowest BCUT2D eigenvalue weighted by atomic mass is 10.1. The zero-order chi connectivity index (χ0) is 9.97. The molecule has 0 fully saturated rings. The molecule has 0 aliphatic carbocycles. The number of aromatic nitrogens is 2. The Balaban J connectivity index is 2.62. The van der Waals surface area contributed by atoms with E-state index in [1.54, 1.807) is 13.3 Å². The second kappa shape index (κ2) is 3.88. The first kappa shape index (κ1) is 9.34. The van der Waals surface area contributed by atoms with E-state index in [0.29, 0.717) is 5.88 Å². The highest BCUT2D eigenvalue weighted by Crippen LogP contribution is 2.27. The Kier molecular flexibility index (Phi) is 2.59. The fraction of sp³-hybridized carbons (Fsp3) is 0.300. The Morgan fingerprint density at radius 1 is 1.57 bits per heavy atom. The number of hydrogen-bond acceptors (Lipinski definition) is 2. The third-order valence-electron chi connectivity index (χ3n) is 2.20. The normalized spacial score (nSPS) is 10.7. The summed E-state index contributed by atoms with van der Waals surface area (Å²) >= 11 is 5.71. The summed E-state index contributed by atoms with van der Waals surface area (Å²) in [5.74, 6) is 1.45. The molecule has 2 heterocycles. The Labute approximate surface area is 87.1 Å². The molecule has 4 heteroatoms. The highest BCUT2D eigenvalue weighted by molar-refractivity contribution is 6.18. The number of rotatable bonds is 3. The van der Waals surface area contributed by atoms with Crippen LogP contribution in [0.1, 0.15) is 5.56 Å². The molecular weight excluding hydrogens is 200 g/mol. The molecule has 0 aromatic carbocycles. The Morgan fingerprint density at radius 3 is 3.14 bits per heavy atom. The third kappa shape index (κ3) is 1.44. The van der Waals surface area contributed by atoms with Crippen LogP contribution in [0.5, 0.6) is 5.75 Å². The standard InChI is InChI=1S/C10H11ClN2O/c1-14-8-3-5-12-10-9(8)7(2-4-11)6-13-10/h3,5-6H,2,4H2,1H3,(H,12,13). The SMILES string of the molecule is COc1ccnc2[nH]cc(CCCl)c12. The molecule has 1 N–H and O–H groups in total. The first-order valence-corrected chi connectivity index (χ1v) is 4.95. The minimum Gasteiger partial charge on any atom is -0.496 e. The van der Waals surface area contributed by atoms with Crippen LogP contribution in [0.2, 0.25) is 0 Å². The predicted molar refractivity (Wildman–Crippen MR) is 57.1 cm³/mol. The average Bonchev–Trinajstić information content (AvgIpc) is 2.62. The first-order chi connectivity index (χ1) is 6.86. The van der Waals surface area contributed by atoms with Gasteiger partial charge in [0.2, 0.25) is 0 Å². The summed E-state index contributed by atoms with van der Waals surface area (Å²) in [4.78, 5) is 7.31. The van der Waals surface area contributed by atoms with Crippen LogP contribution in [0.15, 0.2) is 18.5 Å². The van der Waals surface area contributed by atoms with E-state index < -0.39 is 0 Å². The molecule has 0 saturated carbocycles. The molecule has 0 spiro atoms. The van der Waals surface area contributed by atoms with Gasteiger partial charge in [0.05, 0.1) is 12.5 Å². The molecular formula is C10H11ClN2O. The van der Waals surface area contributed by atoms with E-state index in [0.717, 1.165) is 28.8 Å². The van der Waals surface area contributed by atoms with Crippen LogP contribution in [-0.2, 0) is 6.42 Å². The van der Waals surface area contributed by atoms with Gasteiger partial charge in [0.15, 0.2) is 0 Å². The van der Waals surface area contributed by atoms with Gasteiger partial charge in [0, 0.05) is 18.3 Å². The minimum absolute atomic E-state index is 0.602. The molecule has 0 aliphatic rings. The van der Waals surface area contributed by atoms with Crippen LogP contribution < -0.4 is 4.74 Å². The lowest BCUT2D eigenvalue weighted by Gasteiger charge is -2.02. The summed E-state index contributed by atoms with van der Waals surface area (Å²) in [5, 5.41) is 1.04. The number of halogens is 1. The van der Waals surface area contributed by atoms with E-state index in [4.69, 9.17) is 16.3 Å². The van der Waals surface area contributed by atoms with Gasteiger partial charge in [0.25, 0.3) is 0 Å². The molecule has 0 saturated heterocycles. The second-order valence-corrected chi connectivity index (χ2v) is 3.37. The van der Waals surface area contributed by atoms with Gasteiger partial charge in [0.1, 0.15) is 11.4 Å². The summed E-state index contributed by atoms with van der Waals surface area (Å²) in [6.07, 6.45) is 4.48. The molecule has 0 unspecified atom stereocenters. The van der Waals surface area contributed by atoms with E-state index >= 15 is 0 Å². The Morgan fingerprint density at radius 2 is 2.43 bits per heavy atom. The van der Waals surface area contributed by atoms with Crippen LogP contribution >= 0.6 is 11.6 Å². The van der Waals surface area contributed by atoms with E-state index in [1.165, 1.54) is 0 Å². The number of alkyl halides is 1. The molecule has 0 amide bonds. The highest BCUT2D eigenvalue weighted by atomic mass is 35.5. The maximum absolute atomic E-state index is 5.71. The van der Waals surface area contributed by atoms with Gasteiger partial charge < -0.3 is 9.72 Å². The van der Waals surface area contributed by atoms with Crippen molar-refractivity contribution >= 4 is 22.6 Å². The number of methoxy groups -OCH3 is 1. The predicted octanol–water partition coefficient (Wildman–Crippen LogP) is 2.35. The van der Waals surface area contributed by atoms with Crippen LogP contribution in [0.25, 0.3) is 11.0 Å². The second-order valence-electron chi connectivity index (χ2n) is 2.99. The molecule has 0 radical (unpaired) electrons. The molecule has 2 rings (SSSR count). The fourth-order valence-corrected chi connectivity index (χ4v) is 1.76. The smallest absolute Gasteiger partial charge is 0.141 e. The van der Waals surface area contributed by atoms with Crippen LogP contribution in [0, 0.1) is 0 Å². The van der Waals surface area contributed by atoms with Gasteiger partial charge in [-0.1, -0.05) is 0 Å². The van der Waals surface area contributed by atoms with Crippen molar-refractivity contribution in [2.45, 2.75) is 6.42 Å². The van der Waals surface area contributed by atoms with Crippen LogP contribution in [0.3, 0.4) is 0 Å². The number of fused-ring (bicyclic) bond motifs is 1. The number of aromatic amines is 1. The van der Waals surface area contributed by atoms with Crippen molar-refractivity contribution in [1.29, 1.82) is 0 Å². The quantitative estimate of drug-likeness (QED) is 0.790. The summed E-state index contributed by atoms with van der Waals surface area (Å²) in [5.41, 5.74) is 2.00. The third-order valence-corrected chi connectivity index (χ3v) is 2.39. The molecule has 2 aromatic rings. The van der Waals surface area contributed by atoms with Crippen molar-refractivity contribution in [1.82, 2.24) is 9.97 Å². The Bertz CT molecular complexity index is 439. The molecule has 14 heavy (non-hydrogen) atoms. The zero-order valence-corrected chi connectivity index (χ0v) is 8.64. The van der Waals surface area contributed by atoms with Gasteiger partial charge >= 0.3 is 0 Å². The number of aryl methyl sites for hydroxylation is 1. The number of nitrogens with zero attached hydrogens (tertiary/aromatic N) is 1. The Hall–Kier alpha value is -1.22. The fourth-order valence-electron chi connectivity index (χ4n) is 1.56. The van der Waals surface area contributed by atoms with Crippen molar-refractivity contribution < 1.29 is 4.74 Å². The van der Waals surface area contributed by atoms with Crippen molar-refractivity contribution in [3.63, 3.8) is 0 Å². The van der Waals surface area contributed by atoms with Crippen molar-refractivity contribution in [2.75, 3.05) is 13.0 Å². The number of hydrogen-bond donors (Lipinski definition) is 1. The molecule has 0 aliphatic heterocycles. The first-order valence-electron chi connectivity index (χ1n) is 4.41. The average molecular weight is 211 g/mol. The van der Waals surface area contributed by atoms with Gasteiger partial charge in [-0.15, -0.1) is 11.6 Å². The molecule has 74 valence electrons. The number of nitrogens with one attached hydrogen (secondary N) is 1. The number of pyridine rings is 1. The summed E-state index contributed by atoms with van der Waals surface area (Å²) in [6.45, 7) is 0. The lowest BCUT2D eigenvalue weighted by molar-refractivity contribution is 0.419. The highest BCUT2D eigenvalue weighted by Gasteiger charge is 2.08. The number of H-pyrrole nitrogens is 1. The summed E-state index contributed by atoms with van der Waals surface area (Å²) < 4.78 is 5.27. The monoisotopic (exact) mass is 210 g/mol. The summed E-state index contributed by atoms with van der Waals surface area (Å²) in [6, 6.07) is 1.86. The van der Waals surface area contributed by atoms with Crippen molar-refractivity contribution in [3.8, 4) is 5.75 Å². The topological polar surface area (TPSA) is 37.9 Å². The minimum atomic E-state index is 0.602. The lowest BCUT2D eigenvalue weighted by Crippen LogP contribution is -1.89. The molecule has 3 nitrogen and oxygen atoms in total. The van der Waals surface area contributed by atoms with Crippen LogP contribution in [0.4, 0.5) is 0 Å². The maximum atomic E-state index is 5.71. The van der Waals surface area contributed by atoms with E-state index in [2.05, 4.69) is 9.97 Å². The summed E-state index contributed by atoms with van der Waals surface area (Å²) in [7, 11) is 1.66. The largest absolute Gasteiger partial charge is 0.496 e. The van der Waals surface area contributed by atoms with E-state index in [9.17, 15) is 0 Å². The molecule has 0 bridgehead atoms. The van der Waals surface area contributed by atoms with Gasteiger partial charge in [-0.05, 0) is 18.1 Å². The van der Waals surface area contributed by atoms with Gasteiger partial charge in [-0.25, -0.2) is 4.98 Å². The zero-order valence-electron chi connectivity index (χ0n) is 7.88. The molecule has 0 atom stereocenters. The van der Waals surface area contributed by atoms with Gasteiger partial charge in [-0.2, -0.15) is 0 Å². The van der Waals surface area contributed by atoms with Crippen LogP contribution in [-0.4, -0.2) is 23.0 Å². The van der Waals surface area contributed by atoms with E-state index in [-0.39, 0.29) is 0 Å². The maximum Gasteiger partial charge on any atom is 0.141 e. The van der Waals surface area contributed by atoms with Crippen molar-refractivity contribution in [3.05, 3.63) is 24.0 Å². The van der Waals surface area contributed by atoms with E-state index in [1.807, 2.05) is 12.3 Å².